The summed E-state index contributed by atoms with van der Waals surface area (Å²) in [5.74, 6) is 1.36. The van der Waals surface area contributed by atoms with E-state index in [1.807, 2.05) is 12.1 Å². The Morgan fingerprint density at radius 2 is 2.03 bits per heavy atom. The van der Waals surface area contributed by atoms with Crippen molar-refractivity contribution in [2.75, 3.05) is 11.1 Å². The maximum absolute atomic E-state index is 12.7. The van der Waals surface area contributed by atoms with E-state index >= 15 is 0 Å². The summed E-state index contributed by atoms with van der Waals surface area (Å²) in [4.78, 5) is 33.8. The van der Waals surface area contributed by atoms with Gasteiger partial charge in [0.2, 0.25) is 5.91 Å². The molecule has 1 aromatic carbocycles. The normalized spacial score (nSPS) is 18.5. The predicted molar refractivity (Wildman–Crippen MR) is 128 cm³/mol. The standard InChI is InChI=1S/C23H25N7O2S/c1-14-5-2-3-7-19(14)30-21(15-6-4-10-24-12-15)28-29-23(30)33-13-20(31)25-16-8-9-17-18(11-16)27-22(32)26-17/h4,6,8-12,14,19H,2-3,5,7,13H2,1H3,(H,25,31)(H2,26,27,32)/t14-,19+/m0/s1. The summed E-state index contributed by atoms with van der Waals surface area (Å²) >= 11 is 1.39. The van der Waals surface area contributed by atoms with Crippen molar-refractivity contribution in [2.45, 2.75) is 43.8 Å². The second kappa shape index (κ2) is 9.22. The molecule has 0 saturated heterocycles. The van der Waals surface area contributed by atoms with Gasteiger partial charge in [-0.1, -0.05) is 31.5 Å². The van der Waals surface area contributed by atoms with Crippen molar-refractivity contribution in [2.24, 2.45) is 5.92 Å². The Kier molecular flexibility index (Phi) is 5.99. The van der Waals surface area contributed by atoms with Crippen LogP contribution in [-0.4, -0.2) is 41.4 Å². The maximum Gasteiger partial charge on any atom is 0.323 e. The minimum Gasteiger partial charge on any atom is -0.325 e. The van der Waals surface area contributed by atoms with Crippen LogP contribution in [0.2, 0.25) is 0 Å². The lowest BCUT2D eigenvalue weighted by Gasteiger charge is -2.31. The van der Waals surface area contributed by atoms with Gasteiger partial charge in [0.05, 0.1) is 16.8 Å². The van der Waals surface area contributed by atoms with Crippen LogP contribution in [0.1, 0.15) is 38.6 Å². The van der Waals surface area contributed by atoms with Crippen LogP contribution in [0, 0.1) is 5.92 Å². The van der Waals surface area contributed by atoms with Crippen LogP contribution < -0.4 is 11.0 Å². The third-order valence-electron chi connectivity index (χ3n) is 6.11. The van der Waals surface area contributed by atoms with E-state index < -0.39 is 0 Å². The zero-order valence-electron chi connectivity index (χ0n) is 18.2. The van der Waals surface area contributed by atoms with Gasteiger partial charge in [0.15, 0.2) is 11.0 Å². The summed E-state index contributed by atoms with van der Waals surface area (Å²) in [6.07, 6.45) is 8.20. The largest absolute Gasteiger partial charge is 0.325 e. The summed E-state index contributed by atoms with van der Waals surface area (Å²) in [5, 5.41) is 12.6. The van der Waals surface area contributed by atoms with Crippen molar-refractivity contribution in [1.82, 2.24) is 29.7 Å². The maximum atomic E-state index is 12.7. The first-order valence-electron chi connectivity index (χ1n) is 11.1. The summed E-state index contributed by atoms with van der Waals surface area (Å²) < 4.78 is 2.20. The second-order valence-corrected chi connectivity index (χ2v) is 9.37. The lowest BCUT2D eigenvalue weighted by atomic mass is 9.85. The molecule has 1 saturated carbocycles. The monoisotopic (exact) mass is 463 g/mol. The number of nitrogens with zero attached hydrogens (tertiary/aromatic N) is 4. The van der Waals surface area contributed by atoms with E-state index in [0.717, 1.165) is 23.0 Å². The number of amides is 1. The molecule has 170 valence electrons. The molecule has 5 rings (SSSR count). The highest BCUT2D eigenvalue weighted by atomic mass is 32.2. The summed E-state index contributed by atoms with van der Waals surface area (Å²) in [6, 6.07) is 9.44. The topological polar surface area (TPSA) is 121 Å². The third kappa shape index (κ3) is 4.56. The Morgan fingerprint density at radius 1 is 1.18 bits per heavy atom. The van der Waals surface area contributed by atoms with Gasteiger partial charge in [-0.05, 0) is 49.1 Å². The number of carbonyl (C=O) groups excluding carboxylic acids is 1. The Bertz CT molecular complexity index is 1330. The molecule has 1 aliphatic carbocycles. The minimum atomic E-state index is -0.273. The van der Waals surface area contributed by atoms with Crippen molar-refractivity contribution in [3.8, 4) is 11.4 Å². The molecule has 3 N–H and O–H groups in total. The highest BCUT2D eigenvalue weighted by Gasteiger charge is 2.29. The van der Waals surface area contributed by atoms with Crippen LogP contribution in [0.3, 0.4) is 0 Å². The van der Waals surface area contributed by atoms with Crippen LogP contribution in [0.4, 0.5) is 5.69 Å². The van der Waals surface area contributed by atoms with E-state index in [1.54, 1.807) is 30.6 Å². The van der Waals surface area contributed by atoms with Gasteiger partial charge in [0.25, 0.3) is 0 Å². The number of anilines is 1. The van der Waals surface area contributed by atoms with Gasteiger partial charge >= 0.3 is 5.69 Å². The van der Waals surface area contributed by atoms with Crippen LogP contribution >= 0.6 is 11.8 Å². The highest BCUT2D eigenvalue weighted by Crippen LogP contribution is 2.38. The molecule has 0 aliphatic heterocycles. The molecule has 1 aliphatic rings. The van der Waals surface area contributed by atoms with Crippen molar-refractivity contribution < 1.29 is 4.79 Å². The number of fused-ring (bicyclic) bond motifs is 1. The quantitative estimate of drug-likeness (QED) is 0.372. The van der Waals surface area contributed by atoms with E-state index in [1.165, 1.54) is 31.0 Å². The first-order chi connectivity index (χ1) is 16.1. The zero-order valence-corrected chi connectivity index (χ0v) is 19.1. The molecule has 1 amide bonds. The summed E-state index contributed by atoms with van der Waals surface area (Å²) in [6.45, 7) is 2.28. The van der Waals surface area contributed by atoms with E-state index in [2.05, 4.69) is 42.0 Å². The van der Waals surface area contributed by atoms with Gasteiger partial charge < -0.3 is 15.3 Å². The van der Waals surface area contributed by atoms with E-state index in [9.17, 15) is 9.59 Å². The molecule has 4 aromatic rings. The molecular weight excluding hydrogens is 438 g/mol. The van der Waals surface area contributed by atoms with Crippen LogP contribution in [-0.2, 0) is 4.79 Å². The fourth-order valence-corrected chi connectivity index (χ4v) is 5.28. The molecule has 0 unspecified atom stereocenters. The number of aromatic nitrogens is 6. The Balaban J connectivity index is 1.35. The highest BCUT2D eigenvalue weighted by molar-refractivity contribution is 7.99. The average molecular weight is 464 g/mol. The van der Waals surface area contributed by atoms with E-state index in [4.69, 9.17) is 0 Å². The fourth-order valence-electron chi connectivity index (χ4n) is 4.48. The molecular formula is C23H25N7O2S. The number of pyridine rings is 1. The van der Waals surface area contributed by atoms with Gasteiger partial charge in [-0.3, -0.25) is 14.3 Å². The third-order valence-corrected chi connectivity index (χ3v) is 7.06. The average Bonchev–Trinajstić information content (AvgIpc) is 3.41. The van der Waals surface area contributed by atoms with Gasteiger partial charge in [0, 0.05) is 29.7 Å². The fraction of sp³-hybridized carbons (Fsp3) is 0.348. The van der Waals surface area contributed by atoms with Gasteiger partial charge in [-0.2, -0.15) is 0 Å². The number of rotatable bonds is 6. The van der Waals surface area contributed by atoms with Crippen LogP contribution in [0.25, 0.3) is 22.4 Å². The van der Waals surface area contributed by atoms with Crippen LogP contribution in [0.15, 0.2) is 52.7 Å². The molecule has 0 spiro atoms. The molecule has 3 heterocycles. The van der Waals surface area contributed by atoms with E-state index in [0.29, 0.717) is 28.7 Å². The molecule has 0 bridgehead atoms. The number of hydrogen-bond donors (Lipinski definition) is 3. The minimum absolute atomic E-state index is 0.147. The second-order valence-electron chi connectivity index (χ2n) is 8.42. The molecule has 0 radical (unpaired) electrons. The molecule has 1 fully saturated rings. The zero-order chi connectivity index (χ0) is 22.8. The van der Waals surface area contributed by atoms with Crippen molar-refractivity contribution in [3.05, 3.63) is 53.2 Å². The number of aromatic amines is 2. The van der Waals surface area contributed by atoms with Crippen molar-refractivity contribution in [1.29, 1.82) is 0 Å². The van der Waals surface area contributed by atoms with Crippen LogP contribution in [0.5, 0.6) is 0 Å². The summed E-state index contributed by atoms with van der Waals surface area (Å²) in [7, 11) is 0. The number of H-pyrrole nitrogens is 2. The number of carbonyl (C=O) groups is 1. The number of benzene rings is 1. The summed E-state index contributed by atoms with van der Waals surface area (Å²) in [5.41, 5.74) is 2.63. The lowest BCUT2D eigenvalue weighted by molar-refractivity contribution is -0.113. The number of imidazole rings is 1. The Morgan fingerprint density at radius 3 is 2.85 bits per heavy atom. The van der Waals surface area contributed by atoms with Gasteiger partial charge in [0.1, 0.15) is 0 Å². The Labute approximate surface area is 194 Å². The SMILES string of the molecule is C[C@H]1CCCC[C@H]1n1c(SCC(=O)Nc2ccc3[nH]c(=O)[nH]c3c2)nnc1-c1cccnc1. The predicted octanol–water partition coefficient (Wildman–Crippen LogP) is 3.99. The van der Waals surface area contributed by atoms with Gasteiger partial charge in [-0.25, -0.2) is 4.79 Å². The first kappa shape index (κ1) is 21.4. The molecule has 2 atom stereocenters. The number of thioether (sulfide) groups is 1. The molecule has 3 aromatic heterocycles. The molecule has 9 nitrogen and oxygen atoms in total. The molecule has 33 heavy (non-hydrogen) atoms. The van der Waals surface area contributed by atoms with Crippen molar-refractivity contribution in [3.63, 3.8) is 0 Å². The van der Waals surface area contributed by atoms with Gasteiger partial charge in [-0.15, -0.1) is 10.2 Å². The number of nitrogens with one attached hydrogen (secondary N) is 3. The lowest BCUT2D eigenvalue weighted by Crippen LogP contribution is -2.23. The first-order valence-corrected chi connectivity index (χ1v) is 12.1. The number of hydrogen-bond acceptors (Lipinski definition) is 6. The van der Waals surface area contributed by atoms with E-state index in [-0.39, 0.29) is 17.3 Å². The smallest absolute Gasteiger partial charge is 0.323 e. The van der Waals surface area contributed by atoms with Crippen molar-refractivity contribution >= 4 is 34.4 Å². The Hall–Kier alpha value is -3.40. The molecule has 10 heteroatoms.